The molecule has 3 heteroatoms. The predicted octanol–water partition coefficient (Wildman–Crippen LogP) is 0.0945. The molecule has 0 saturated heterocycles. The zero-order chi connectivity index (χ0) is 4.12. The summed E-state index contributed by atoms with van der Waals surface area (Å²) in [5.74, 6) is 0. The van der Waals surface area contributed by atoms with Crippen LogP contribution in [0, 0.1) is 0 Å². The van der Waals surface area contributed by atoms with Crippen LogP contribution in [0.3, 0.4) is 0 Å². The van der Waals surface area contributed by atoms with Gasteiger partial charge >= 0.3 is 0 Å². The molecule has 0 heterocycles. The van der Waals surface area contributed by atoms with Crippen LogP contribution in [0.4, 0.5) is 0 Å². The van der Waals surface area contributed by atoms with Crippen molar-refractivity contribution in [1.29, 1.82) is 0 Å². The van der Waals surface area contributed by atoms with Gasteiger partial charge in [-0.05, 0) is 6.44 Å². The molecule has 0 atom stereocenters. The Kier molecular flexibility index (Phi) is 5.47. The smallest absolute Gasteiger partial charge is 0.0859 e. The number of halogens is 1. The van der Waals surface area contributed by atoms with E-state index in [-0.39, 0.29) is 0 Å². The van der Waals surface area contributed by atoms with Crippen LogP contribution < -0.4 is 5.32 Å². The van der Waals surface area contributed by atoms with Crippen LogP contribution in [-0.2, 0) is 0 Å². The maximum absolute atomic E-state index is 5.02. The Morgan fingerprint density at radius 3 is 2.40 bits per heavy atom. The van der Waals surface area contributed by atoms with E-state index in [2.05, 4.69) is 27.9 Å². The highest BCUT2D eigenvalue weighted by molar-refractivity contribution is 14.1. The summed E-state index contributed by atoms with van der Waals surface area (Å²) in [6.07, 6.45) is 0.586. The first-order chi connectivity index (χ1) is 2.41. The van der Waals surface area contributed by atoms with Gasteiger partial charge in [-0.2, -0.15) is 0 Å². The van der Waals surface area contributed by atoms with E-state index in [1.807, 2.05) is 0 Å². The van der Waals surface area contributed by atoms with Crippen LogP contribution in [0.2, 0.25) is 0 Å². The van der Waals surface area contributed by atoms with Gasteiger partial charge in [-0.15, -0.1) is 0 Å². The molecule has 0 unspecified atom stereocenters. The van der Waals surface area contributed by atoms with E-state index in [4.69, 9.17) is 7.85 Å². The molecule has 0 aliphatic carbocycles. The zero-order valence-electron chi connectivity index (χ0n) is 2.87. The topological polar surface area (TPSA) is 12.0 Å². The molecule has 1 nitrogen and oxygen atoms in total. The summed E-state index contributed by atoms with van der Waals surface area (Å²) in [6.45, 7) is 0. The minimum atomic E-state index is 0.586. The average Bonchev–Trinajstić information content (AvgIpc) is 1.41. The number of hydrogen-bond acceptors (Lipinski definition) is 1. The molecule has 2 radical (unpaired) electrons. The maximum atomic E-state index is 5.02. The minimum Gasteiger partial charge on any atom is -0.317 e. The molecule has 0 aliphatic heterocycles. The Balaban J connectivity index is 2.19. The van der Waals surface area contributed by atoms with Crippen LogP contribution in [0.15, 0.2) is 0 Å². The Hall–Kier alpha value is 0.755. The fraction of sp³-hybridized carbons (Fsp3) is 1.00. The summed E-state index contributed by atoms with van der Waals surface area (Å²) in [5, 5.41) is 2.88. The first kappa shape index (κ1) is 5.75. The second-order valence-corrected chi connectivity index (χ2v) is 1.35. The summed E-state index contributed by atoms with van der Waals surface area (Å²) in [6, 6.07) is 0. The van der Waals surface area contributed by atoms with E-state index in [1.165, 1.54) is 0 Å². The van der Waals surface area contributed by atoms with Crippen molar-refractivity contribution in [2.24, 2.45) is 0 Å². The fourth-order valence-corrected chi connectivity index (χ4v) is 0.366. The SMILES string of the molecule is [B]CNCI. The van der Waals surface area contributed by atoms with E-state index in [0.29, 0.717) is 6.44 Å². The van der Waals surface area contributed by atoms with Gasteiger partial charge in [0.25, 0.3) is 0 Å². The lowest BCUT2D eigenvalue weighted by Gasteiger charge is -1.85. The molecular formula is C2H5BIN. The monoisotopic (exact) mass is 181 g/mol. The first-order valence-electron chi connectivity index (χ1n) is 1.38. The van der Waals surface area contributed by atoms with E-state index >= 15 is 0 Å². The van der Waals surface area contributed by atoms with Gasteiger partial charge in [0.1, 0.15) is 0 Å². The highest BCUT2D eigenvalue weighted by Gasteiger charge is 1.64. The molecule has 0 amide bonds. The van der Waals surface area contributed by atoms with Crippen molar-refractivity contribution in [2.75, 3.05) is 11.0 Å². The van der Waals surface area contributed by atoms with E-state index < -0.39 is 0 Å². The summed E-state index contributed by atoms with van der Waals surface area (Å²) in [4.78, 5) is 0. The van der Waals surface area contributed by atoms with Crippen molar-refractivity contribution in [1.82, 2.24) is 5.32 Å². The molecule has 0 aliphatic rings. The van der Waals surface area contributed by atoms with Crippen molar-refractivity contribution in [2.45, 2.75) is 0 Å². The Bertz CT molecular complexity index is 17.1. The lowest BCUT2D eigenvalue weighted by molar-refractivity contribution is 0.960. The second kappa shape index (κ2) is 4.75. The largest absolute Gasteiger partial charge is 0.317 e. The molecular weight excluding hydrogens is 176 g/mol. The molecule has 5 heavy (non-hydrogen) atoms. The van der Waals surface area contributed by atoms with Crippen LogP contribution in [0.25, 0.3) is 0 Å². The molecule has 0 aromatic rings. The molecule has 0 saturated carbocycles. The Morgan fingerprint density at radius 1 is 1.80 bits per heavy atom. The van der Waals surface area contributed by atoms with Crippen LogP contribution in [0.5, 0.6) is 0 Å². The van der Waals surface area contributed by atoms with Gasteiger partial charge < -0.3 is 5.32 Å². The number of nitrogens with one attached hydrogen (secondary N) is 1. The van der Waals surface area contributed by atoms with Crippen molar-refractivity contribution < 1.29 is 0 Å². The molecule has 0 bridgehead atoms. The highest BCUT2D eigenvalue weighted by atomic mass is 127. The minimum absolute atomic E-state index is 0.586. The van der Waals surface area contributed by atoms with Crippen LogP contribution in [-0.4, -0.2) is 18.8 Å². The van der Waals surface area contributed by atoms with Crippen molar-refractivity contribution in [3.05, 3.63) is 0 Å². The van der Waals surface area contributed by atoms with Crippen LogP contribution in [0.1, 0.15) is 0 Å². The molecule has 0 spiro atoms. The quantitative estimate of drug-likeness (QED) is 0.275. The lowest BCUT2D eigenvalue weighted by Crippen LogP contribution is -2.10. The molecule has 1 N–H and O–H groups in total. The molecule has 0 aromatic heterocycles. The predicted molar refractivity (Wildman–Crippen MR) is 32.6 cm³/mol. The Labute approximate surface area is 47.1 Å². The second-order valence-electron chi connectivity index (χ2n) is 0.588. The van der Waals surface area contributed by atoms with Gasteiger partial charge in [-0.1, -0.05) is 22.6 Å². The molecule has 0 aromatic carbocycles. The molecule has 0 fully saturated rings. The summed E-state index contributed by atoms with van der Waals surface area (Å²) < 4.78 is 0.939. The third-order valence-electron chi connectivity index (χ3n) is 0.239. The van der Waals surface area contributed by atoms with Gasteiger partial charge in [0.2, 0.25) is 0 Å². The Morgan fingerprint density at radius 2 is 2.40 bits per heavy atom. The summed E-state index contributed by atoms with van der Waals surface area (Å²) in [7, 11) is 5.02. The molecule has 28 valence electrons. The number of hydrogen-bond donors (Lipinski definition) is 1. The number of rotatable bonds is 2. The van der Waals surface area contributed by atoms with Crippen molar-refractivity contribution in [3.8, 4) is 0 Å². The highest BCUT2D eigenvalue weighted by Crippen LogP contribution is 1.67. The third kappa shape index (κ3) is 4.75. The van der Waals surface area contributed by atoms with E-state index in [0.717, 1.165) is 4.55 Å². The van der Waals surface area contributed by atoms with Gasteiger partial charge in [-0.3, -0.25) is 0 Å². The van der Waals surface area contributed by atoms with Crippen LogP contribution >= 0.6 is 22.6 Å². The lowest BCUT2D eigenvalue weighted by atomic mass is 10.2. The van der Waals surface area contributed by atoms with Gasteiger partial charge in [-0.25, -0.2) is 0 Å². The van der Waals surface area contributed by atoms with E-state index in [9.17, 15) is 0 Å². The summed E-state index contributed by atoms with van der Waals surface area (Å²) in [5.41, 5.74) is 0. The third-order valence-corrected chi connectivity index (χ3v) is 0.778. The van der Waals surface area contributed by atoms with Gasteiger partial charge in [0.05, 0.1) is 7.85 Å². The standard InChI is InChI=1S/C2H5BIN/c3-1-5-2-4/h5H,1-2H2. The first-order valence-corrected chi connectivity index (χ1v) is 2.91. The van der Waals surface area contributed by atoms with Gasteiger partial charge in [0, 0.05) is 4.55 Å². The average molecular weight is 181 g/mol. The maximum Gasteiger partial charge on any atom is 0.0859 e. The zero-order valence-corrected chi connectivity index (χ0v) is 5.03. The van der Waals surface area contributed by atoms with Crippen molar-refractivity contribution in [3.63, 3.8) is 0 Å². The summed E-state index contributed by atoms with van der Waals surface area (Å²) >= 11 is 2.20. The fourth-order valence-electron chi connectivity index (χ4n) is 0.0546. The molecule has 0 rings (SSSR count). The van der Waals surface area contributed by atoms with Gasteiger partial charge in [0.15, 0.2) is 0 Å². The van der Waals surface area contributed by atoms with Crippen molar-refractivity contribution >= 4 is 30.4 Å². The van der Waals surface area contributed by atoms with E-state index in [1.54, 1.807) is 0 Å². The number of alkyl halides is 1. The normalized spacial score (nSPS) is 8.20.